The van der Waals surface area contributed by atoms with Crippen molar-refractivity contribution in [1.82, 2.24) is 20.4 Å². The fraction of sp³-hybridized carbons (Fsp3) is 0.737. The lowest BCUT2D eigenvalue weighted by Gasteiger charge is -2.37. The van der Waals surface area contributed by atoms with Gasteiger partial charge in [0.05, 0.1) is 44.0 Å². The molecule has 5 atom stereocenters. The standard InChI is InChI=1S/C14H29N3O3.C10H19NO2.C7H10.C3H7NO2.C3H8.CH4O/c1-6-10(3)14(11(7-2)20-5)17(4)13(19)9-16-12(18)8-15;1-8(2)10(13-3)9-5-4-6-11(9)7-12;1-4-6-7(3)5-2;5-2-1-4-3-6;1-3-2;1-2/h10-11,14H,6-9,15H2,1-5H3,(H,16,18);7-10H,4-6H2,1-3H3;4-6H,1-2H2,3H3;3,5H,1-2H2,(H,4,6);3H2,1-2H3;2H,1H3/b;;7-6-;;;. The van der Waals surface area contributed by atoms with Crippen molar-refractivity contribution in [3.63, 3.8) is 0 Å². The Labute approximate surface area is 311 Å². The van der Waals surface area contributed by atoms with E-state index < -0.39 is 0 Å². The highest BCUT2D eigenvalue weighted by Gasteiger charge is 2.33. The quantitative estimate of drug-likeness (QED) is 0.0798. The summed E-state index contributed by atoms with van der Waals surface area (Å²) in [4.78, 5) is 46.9. The summed E-state index contributed by atoms with van der Waals surface area (Å²) in [5.41, 5.74) is 6.35. The number of ether oxygens (including phenoxy) is 2. The summed E-state index contributed by atoms with van der Waals surface area (Å²) in [5, 5.41) is 19.7. The van der Waals surface area contributed by atoms with Gasteiger partial charge < -0.3 is 45.9 Å². The third-order valence-corrected chi connectivity index (χ3v) is 7.60. The summed E-state index contributed by atoms with van der Waals surface area (Å²) < 4.78 is 10.9. The molecule has 1 heterocycles. The minimum atomic E-state index is -0.328. The summed E-state index contributed by atoms with van der Waals surface area (Å²) in [7, 11) is 6.15. The van der Waals surface area contributed by atoms with Gasteiger partial charge in [-0.15, -0.1) is 0 Å². The Hall–Kier alpha value is -3.10. The number of nitrogens with two attached hydrogens (primary N) is 1. The zero-order valence-electron chi connectivity index (χ0n) is 34.2. The van der Waals surface area contributed by atoms with E-state index in [1.54, 1.807) is 38.3 Å². The van der Waals surface area contributed by atoms with Crippen LogP contribution in [0.4, 0.5) is 0 Å². The number of aliphatic hydroxyl groups is 2. The van der Waals surface area contributed by atoms with Crippen molar-refractivity contribution >= 4 is 24.6 Å². The average Bonchev–Trinajstić information content (AvgIpc) is 3.61. The second kappa shape index (κ2) is 41.3. The molecule has 302 valence electrons. The Morgan fingerprint density at radius 2 is 1.63 bits per heavy atom. The molecule has 0 aromatic heterocycles. The van der Waals surface area contributed by atoms with Crippen LogP contribution in [0.25, 0.3) is 0 Å². The number of methoxy groups -OCH3 is 2. The molecule has 0 aliphatic carbocycles. The maximum atomic E-state index is 12.2. The Bertz CT molecular complexity index is 884. The minimum absolute atomic E-state index is 0.00252. The Kier molecular flexibility index (Phi) is 46.4. The van der Waals surface area contributed by atoms with Crippen molar-refractivity contribution in [3.05, 3.63) is 37.0 Å². The van der Waals surface area contributed by atoms with E-state index in [0.717, 1.165) is 51.3 Å². The first-order valence-electron chi connectivity index (χ1n) is 17.9. The molecule has 0 aromatic rings. The Balaban J connectivity index is -0.000000194. The Morgan fingerprint density at radius 1 is 1.06 bits per heavy atom. The number of nitrogens with zero attached hydrogens (tertiary/aromatic N) is 2. The van der Waals surface area contributed by atoms with E-state index in [0.29, 0.717) is 30.8 Å². The zero-order chi connectivity index (χ0) is 40.8. The molecule has 0 bridgehead atoms. The van der Waals surface area contributed by atoms with Gasteiger partial charge >= 0.3 is 0 Å². The van der Waals surface area contributed by atoms with Gasteiger partial charge in [-0.05, 0) is 38.0 Å². The van der Waals surface area contributed by atoms with Gasteiger partial charge in [0.15, 0.2) is 0 Å². The van der Waals surface area contributed by atoms with Crippen LogP contribution in [0.3, 0.4) is 0 Å². The van der Waals surface area contributed by atoms with E-state index in [1.165, 1.54) is 6.42 Å². The summed E-state index contributed by atoms with van der Waals surface area (Å²) in [6, 6.07) is 0.291. The lowest BCUT2D eigenvalue weighted by molar-refractivity contribution is -0.137. The number of likely N-dealkylation sites (tertiary alicyclic amines) is 1. The minimum Gasteiger partial charge on any atom is -0.400 e. The molecule has 0 aromatic carbocycles. The number of rotatable bonds is 18. The van der Waals surface area contributed by atoms with Crippen molar-refractivity contribution in [2.24, 2.45) is 17.6 Å². The van der Waals surface area contributed by atoms with Crippen molar-refractivity contribution in [3.8, 4) is 0 Å². The SMILES string of the molecule is C=C/C=C(/C)C=C.CCC.CCC(C)C(C(CC)OC)N(C)C(=O)CNC(=O)CN.CO.COC(C(C)C)C1CCCN1C=O.O=CNCCO. The molecule has 1 fully saturated rings. The third-order valence-electron chi connectivity index (χ3n) is 7.60. The lowest BCUT2D eigenvalue weighted by Crippen LogP contribution is -2.51. The van der Waals surface area contributed by atoms with Crippen LogP contribution >= 0.6 is 0 Å². The molecule has 1 saturated heterocycles. The maximum absolute atomic E-state index is 12.2. The predicted octanol–water partition coefficient (Wildman–Crippen LogP) is 3.69. The van der Waals surface area contributed by atoms with Gasteiger partial charge in [0.1, 0.15) is 0 Å². The van der Waals surface area contributed by atoms with Crippen LogP contribution in [-0.4, -0.2) is 130 Å². The van der Waals surface area contributed by atoms with Gasteiger partial charge in [-0.3, -0.25) is 19.2 Å². The fourth-order valence-corrected chi connectivity index (χ4v) is 4.87. The molecule has 1 aliphatic heterocycles. The van der Waals surface area contributed by atoms with E-state index in [1.807, 2.05) is 24.8 Å². The molecule has 6 N–H and O–H groups in total. The van der Waals surface area contributed by atoms with Crippen LogP contribution in [0.15, 0.2) is 37.0 Å². The van der Waals surface area contributed by atoms with Crippen LogP contribution in [0.5, 0.6) is 0 Å². The molecular formula is C38H77N5O8. The van der Waals surface area contributed by atoms with Gasteiger partial charge in [-0.25, -0.2) is 0 Å². The van der Waals surface area contributed by atoms with Crippen LogP contribution in [0.2, 0.25) is 0 Å². The van der Waals surface area contributed by atoms with Crippen LogP contribution in [0, 0.1) is 11.8 Å². The number of hydrogen-bond donors (Lipinski definition) is 5. The highest BCUT2D eigenvalue weighted by molar-refractivity contribution is 5.85. The second-order valence-electron chi connectivity index (χ2n) is 11.9. The number of allylic oxidation sites excluding steroid dienone is 4. The molecule has 13 nitrogen and oxygen atoms in total. The van der Waals surface area contributed by atoms with Gasteiger partial charge in [-0.1, -0.05) is 98.3 Å². The van der Waals surface area contributed by atoms with Gasteiger partial charge in [0.2, 0.25) is 24.6 Å². The van der Waals surface area contributed by atoms with Gasteiger partial charge in [0, 0.05) is 41.5 Å². The molecule has 0 saturated carbocycles. The summed E-state index contributed by atoms with van der Waals surface area (Å²) in [6.07, 6.45) is 12.4. The van der Waals surface area contributed by atoms with Crippen molar-refractivity contribution in [1.29, 1.82) is 0 Å². The highest BCUT2D eigenvalue weighted by Crippen LogP contribution is 2.24. The highest BCUT2D eigenvalue weighted by atomic mass is 16.5. The monoisotopic (exact) mass is 732 g/mol. The molecular weight excluding hydrogens is 654 g/mol. The first kappa shape index (κ1) is 57.2. The first-order valence-corrected chi connectivity index (χ1v) is 17.9. The molecule has 0 spiro atoms. The third kappa shape index (κ3) is 30.3. The smallest absolute Gasteiger partial charge is 0.242 e. The number of hydrogen-bond acceptors (Lipinski definition) is 9. The molecule has 5 unspecified atom stereocenters. The van der Waals surface area contributed by atoms with Crippen molar-refractivity contribution in [2.45, 2.75) is 112 Å². The molecule has 1 aliphatic rings. The first-order chi connectivity index (χ1) is 24.3. The van der Waals surface area contributed by atoms with E-state index in [4.69, 9.17) is 25.4 Å². The molecule has 13 heteroatoms. The molecule has 51 heavy (non-hydrogen) atoms. The number of amides is 4. The van der Waals surface area contributed by atoms with Crippen LogP contribution in [-0.2, 0) is 28.7 Å². The normalized spacial score (nSPS) is 15.3. The molecule has 0 radical (unpaired) electrons. The summed E-state index contributed by atoms with van der Waals surface area (Å²) in [5.74, 6) is 0.327. The van der Waals surface area contributed by atoms with Gasteiger partial charge in [0.25, 0.3) is 0 Å². The van der Waals surface area contributed by atoms with E-state index in [-0.39, 0.29) is 49.8 Å². The van der Waals surface area contributed by atoms with Crippen LogP contribution < -0.4 is 16.4 Å². The number of aliphatic hydroxyl groups excluding tert-OH is 2. The fourth-order valence-electron chi connectivity index (χ4n) is 4.87. The lowest BCUT2D eigenvalue weighted by atomic mass is 9.91. The van der Waals surface area contributed by atoms with E-state index >= 15 is 0 Å². The predicted molar refractivity (Wildman–Crippen MR) is 210 cm³/mol. The zero-order valence-corrected chi connectivity index (χ0v) is 34.2. The summed E-state index contributed by atoms with van der Waals surface area (Å²) >= 11 is 0. The van der Waals surface area contributed by atoms with Crippen molar-refractivity contribution < 1.29 is 38.9 Å². The van der Waals surface area contributed by atoms with Crippen LogP contribution in [0.1, 0.15) is 87.5 Å². The average molecular weight is 732 g/mol. The van der Waals surface area contributed by atoms with E-state index in [2.05, 4.69) is 65.3 Å². The number of nitrogens with one attached hydrogen (secondary N) is 2. The maximum Gasteiger partial charge on any atom is 0.242 e. The largest absolute Gasteiger partial charge is 0.400 e. The number of carbonyl (C=O) groups excluding carboxylic acids is 4. The second-order valence-corrected chi connectivity index (χ2v) is 11.9. The van der Waals surface area contributed by atoms with E-state index in [9.17, 15) is 19.2 Å². The topological polar surface area (TPSA) is 184 Å². The number of likely N-dealkylation sites (N-methyl/N-ethyl adjacent to an activating group) is 1. The van der Waals surface area contributed by atoms with Gasteiger partial charge in [-0.2, -0.15) is 0 Å². The summed E-state index contributed by atoms with van der Waals surface area (Å²) in [6.45, 7) is 24.9. The Morgan fingerprint density at radius 3 is 1.94 bits per heavy atom. The number of carbonyl (C=O) groups is 4. The van der Waals surface area contributed by atoms with Crippen molar-refractivity contribution in [2.75, 3.05) is 61.2 Å². The molecule has 4 amide bonds. The molecule has 1 rings (SSSR count).